The van der Waals surface area contributed by atoms with Crippen molar-refractivity contribution in [1.29, 1.82) is 0 Å². The van der Waals surface area contributed by atoms with Gasteiger partial charge in [-0.3, -0.25) is 4.79 Å². The number of nitrogens with one attached hydrogen (secondary N) is 1. The first-order valence-corrected chi connectivity index (χ1v) is 10.5. The number of carbonyl (C=O) groups is 1. The predicted molar refractivity (Wildman–Crippen MR) is 99.8 cm³/mol. The van der Waals surface area contributed by atoms with Crippen LogP contribution < -0.4 is 5.32 Å². The SMILES string of the molecule is O=C(Nc1ncc(Cc2cc3sccc3s2)s1)C1CCCCC1. The van der Waals surface area contributed by atoms with Gasteiger partial charge in [0.05, 0.1) is 0 Å². The van der Waals surface area contributed by atoms with Crippen LogP contribution in [0.25, 0.3) is 9.40 Å². The number of aromatic nitrogens is 1. The molecule has 0 aromatic carbocycles. The van der Waals surface area contributed by atoms with E-state index in [1.807, 2.05) is 17.5 Å². The number of anilines is 1. The van der Waals surface area contributed by atoms with Crippen LogP contribution in [0.4, 0.5) is 5.13 Å². The maximum Gasteiger partial charge on any atom is 0.229 e. The molecule has 0 unspecified atom stereocenters. The van der Waals surface area contributed by atoms with E-state index < -0.39 is 0 Å². The normalized spacial score (nSPS) is 16.0. The summed E-state index contributed by atoms with van der Waals surface area (Å²) >= 11 is 5.24. The Hall–Kier alpha value is -1.24. The van der Waals surface area contributed by atoms with Gasteiger partial charge < -0.3 is 5.32 Å². The molecule has 3 heterocycles. The van der Waals surface area contributed by atoms with Crippen LogP contribution in [0.2, 0.25) is 0 Å². The second-order valence-electron chi connectivity index (χ2n) is 5.99. The van der Waals surface area contributed by atoms with E-state index in [1.54, 1.807) is 22.7 Å². The smallest absolute Gasteiger partial charge is 0.229 e. The molecule has 3 aromatic rings. The van der Waals surface area contributed by atoms with Crippen LogP contribution in [-0.4, -0.2) is 10.9 Å². The summed E-state index contributed by atoms with van der Waals surface area (Å²) in [6, 6.07) is 4.45. The minimum absolute atomic E-state index is 0.155. The average Bonchev–Trinajstić information content (AvgIpc) is 3.25. The second-order valence-corrected chi connectivity index (χ2v) is 9.23. The molecular formula is C17H18N2OS3. The molecule has 0 atom stereocenters. The molecule has 1 amide bonds. The number of hydrogen-bond acceptors (Lipinski definition) is 5. The van der Waals surface area contributed by atoms with Gasteiger partial charge >= 0.3 is 0 Å². The molecule has 0 spiro atoms. The highest BCUT2D eigenvalue weighted by Crippen LogP contribution is 2.33. The lowest BCUT2D eigenvalue weighted by Gasteiger charge is -2.19. The standard InChI is InChI=1S/C17H18N2OS3/c20-16(11-4-2-1-3-5-11)19-17-18-10-13(23-17)8-12-9-15-14(22-12)6-7-21-15/h6-7,9-11H,1-5,8H2,(H,18,19,20). The minimum atomic E-state index is 0.155. The van der Waals surface area contributed by atoms with Crippen LogP contribution in [0.3, 0.4) is 0 Å². The van der Waals surface area contributed by atoms with Gasteiger partial charge in [0.1, 0.15) is 0 Å². The van der Waals surface area contributed by atoms with Crippen molar-refractivity contribution in [1.82, 2.24) is 4.98 Å². The number of amides is 1. The molecule has 0 bridgehead atoms. The van der Waals surface area contributed by atoms with Crippen LogP contribution in [-0.2, 0) is 11.2 Å². The van der Waals surface area contributed by atoms with Crippen LogP contribution >= 0.6 is 34.0 Å². The van der Waals surface area contributed by atoms with Crippen LogP contribution in [0.15, 0.2) is 23.7 Å². The molecule has 1 saturated carbocycles. The number of thiophene rings is 2. The van der Waals surface area contributed by atoms with Crippen molar-refractivity contribution in [2.45, 2.75) is 38.5 Å². The summed E-state index contributed by atoms with van der Waals surface area (Å²) in [7, 11) is 0. The van der Waals surface area contributed by atoms with E-state index in [0.717, 1.165) is 24.4 Å². The fraction of sp³-hybridized carbons (Fsp3) is 0.412. The van der Waals surface area contributed by atoms with Gasteiger partial charge in [0.15, 0.2) is 5.13 Å². The maximum absolute atomic E-state index is 12.3. The van der Waals surface area contributed by atoms with E-state index >= 15 is 0 Å². The number of fused-ring (bicyclic) bond motifs is 1. The van der Waals surface area contributed by atoms with E-state index in [0.29, 0.717) is 0 Å². The number of carbonyl (C=O) groups excluding carboxylic acids is 1. The molecule has 3 nitrogen and oxygen atoms in total. The van der Waals surface area contributed by atoms with Crippen LogP contribution in [0, 0.1) is 5.92 Å². The molecule has 1 fully saturated rings. The highest BCUT2D eigenvalue weighted by molar-refractivity contribution is 7.27. The molecule has 1 N–H and O–H groups in total. The summed E-state index contributed by atoms with van der Waals surface area (Å²) in [4.78, 5) is 19.2. The zero-order valence-electron chi connectivity index (χ0n) is 12.7. The first kappa shape index (κ1) is 15.3. The van der Waals surface area contributed by atoms with Crippen molar-refractivity contribution < 1.29 is 4.79 Å². The first-order chi connectivity index (χ1) is 11.3. The highest BCUT2D eigenvalue weighted by Gasteiger charge is 2.21. The van der Waals surface area contributed by atoms with Crippen LogP contribution in [0.5, 0.6) is 0 Å². The molecule has 0 radical (unpaired) electrons. The zero-order valence-corrected chi connectivity index (χ0v) is 15.2. The number of nitrogens with zero attached hydrogens (tertiary/aromatic N) is 1. The third-order valence-electron chi connectivity index (χ3n) is 4.30. The molecule has 4 rings (SSSR count). The lowest BCUT2D eigenvalue weighted by Crippen LogP contribution is -2.24. The van der Waals surface area contributed by atoms with Gasteiger partial charge in [-0.05, 0) is 30.4 Å². The molecule has 6 heteroatoms. The zero-order chi connectivity index (χ0) is 15.6. The van der Waals surface area contributed by atoms with E-state index in [2.05, 4.69) is 27.8 Å². The van der Waals surface area contributed by atoms with Gasteiger partial charge in [0.25, 0.3) is 0 Å². The average molecular weight is 363 g/mol. The van der Waals surface area contributed by atoms with Gasteiger partial charge in [-0.25, -0.2) is 4.98 Å². The summed E-state index contributed by atoms with van der Waals surface area (Å²) in [6.45, 7) is 0. The van der Waals surface area contributed by atoms with Crippen molar-refractivity contribution in [2.24, 2.45) is 5.92 Å². The van der Waals surface area contributed by atoms with Crippen molar-refractivity contribution >= 4 is 54.4 Å². The third-order valence-corrected chi connectivity index (χ3v) is 7.30. The molecule has 0 aliphatic heterocycles. The fourth-order valence-electron chi connectivity index (χ4n) is 3.09. The summed E-state index contributed by atoms with van der Waals surface area (Å²) in [6.07, 6.45) is 8.47. The van der Waals surface area contributed by atoms with Gasteiger partial charge in [0, 0.05) is 37.7 Å². The van der Waals surface area contributed by atoms with Crippen molar-refractivity contribution in [3.8, 4) is 0 Å². The molecule has 120 valence electrons. The quantitative estimate of drug-likeness (QED) is 0.663. The topological polar surface area (TPSA) is 42.0 Å². The molecule has 1 aliphatic carbocycles. The number of rotatable bonds is 4. The Morgan fingerprint density at radius 2 is 2.04 bits per heavy atom. The van der Waals surface area contributed by atoms with Gasteiger partial charge in [-0.15, -0.1) is 34.0 Å². The summed E-state index contributed by atoms with van der Waals surface area (Å²) in [5.74, 6) is 0.336. The van der Waals surface area contributed by atoms with E-state index in [1.165, 1.54) is 38.4 Å². The molecule has 3 aromatic heterocycles. The largest absolute Gasteiger partial charge is 0.302 e. The monoisotopic (exact) mass is 362 g/mol. The fourth-order valence-corrected chi connectivity index (χ4v) is 6.18. The van der Waals surface area contributed by atoms with Crippen LogP contribution in [0.1, 0.15) is 41.9 Å². The van der Waals surface area contributed by atoms with E-state index in [4.69, 9.17) is 0 Å². The highest BCUT2D eigenvalue weighted by atomic mass is 32.1. The Morgan fingerprint density at radius 3 is 2.87 bits per heavy atom. The minimum Gasteiger partial charge on any atom is -0.302 e. The Balaban J connectivity index is 1.40. The summed E-state index contributed by atoms with van der Waals surface area (Å²) in [5.41, 5.74) is 0. The summed E-state index contributed by atoms with van der Waals surface area (Å²) < 4.78 is 2.72. The predicted octanol–water partition coefficient (Wildman–Crippen LogP) is 5.53. The van der Waals surface area contributed by atoms with Crippen molar-refractivity contribution in [3.63, 3.8) is 0 Å². The van der Waals surface area contributed by atoms with E-state index in [9.17, 15) is 4.79 Å². The summed E-state index contributed by atoms with van der Waals surface area (Å²) in [5, 5.41) is 5.89. The lowest BCUT2D eigenvalue weighted by molar-refractivity contribution is -0.120. The Bertz CT molecular complexity index is 782. The Morgan fingerprint density at radius 1 is 1.17 bits per heavy atom. The molecule has 0 saturated heterocycles. The molecule has 1 aliphatic rings. The van der Waals surface area contributed by atoms with Gasteiger partial charge in [0.2, 0.25) is 5.91 Å². The van der Waals surface area contributed by atoms with Gasteiger partial charge in [-0.2, -0.15) is 0 Å². The lowest BCUT2D eigenvalue weighted by atomic mass is 9.89. The Kier molecular flexibility index (Phi) is 4.46. The Labute approximate surface area is 147 Å². The second kappa shape index (κ2) is 6.71. The first-order valence-electron chi connectivity index (χ1n) is 7.99. The number of hydrogen-bond donors (Lipinski definition) is 1. The van der Waals surface area contributed by atoms with Crippen molar-refractivity contribution in [2.75, 3.05) is 5.32 Å². The van der Waals surface area contributed by atoms with E-state index in [-0.39, 0.29) is 11.8 Å². The number of thiazole rings is 1. The molecule has 23 heavy (non-hydrogen) atoms. The maximum atomic E-state index is 12.3. The molecular weight excluding hydrogens is 344 g/mol. The van der Waals surface area contributed by atoms with Gasteiger partial charge in [-0.1, -0.05) is 19.3 Å². The third kappa shape index (κ3) is 3.49. The van der Waals surface area contributed by atoms with Crippen molar-refractivity contribution in [3.05, 3.63) is 33.5 Å².